The molecule has 2 aliphatic heterocycles. The van der Waals surface area contributed by atoms with E-state index >= 15 is 0 Å². The summed E-state index contributed by atoms with van der Waals surface area (Å²) in [7, 11) is -2.93. The molecule has 19 heavy (non-hydrogen) atoms. The number of rotatable bonds is 1. The second-order valence-electron chi connectivity index (χ2n) is 6.04. The molecule has 7 heteroatoms. The van der Waals surface area contributed by atoms with E-state index < -0.39 is 15.3 Å². The van der Waals surface area contributed by atoms with Crippen LogP contribution in [0.1, 0.15) is 27.7 Å². The highest BCUT2D eigenvalue weighted by Crippen LogP contribution is 2.38. The summed E-state index contributed by atoms with van der Waals surface area (Å²) in [5.41, 5.74) is -0.503. The van der Waals surface area contributed by atoms with Gasteiger partial charge in [-0.3, -0.25) is 4.79 Å². The molecule has 2 unspecified atom stereocenters. The Kier molecular flexibility index (Phi) is 3.72. The summed E-state index contributed by atoms with van der Waals surface area (Å²) in [5, 5.41) is 0.712. The van der Waals surface area contributed by atoms with Crippen LogP contribution < -0.4 is 0 Å². The third kappa shape index (κ3) is 2.97. The molecule has 108 valence electrons. The monoisotopic (exact) mass is 304 g/mol. The largest absolute Gasteiger partial charge is 0.346 e. The van der Waals surface area contributed by atoms with Crippen LogP contribution in [0.2, 0.25) is 0 Å². The van der Waals surface area contributed by atoms with Crippen LogP contribution in [0.4, 0.5) is 0 Å². The highest BCUT2D eigenvalue weighted by Gasteiger charge is 2.48. The summed E-state index contributed by atoms with van der Waals surface area (Å²) in [6.45, 7) is 8.15. The van der Waals surface area contributed by atoms with E-state index in [9.17, 15) is 13.2 Å². The van der Waals surface area contributed by atoms with Crippen LogP contribution in [0.15, 0.2) is 4.99 Å². The Balaban J connectivity index is 2.23. The maximum atomic E-state index is 12.0. The lowest BCUT2D eigenvalue weighted by Gasteiger charge is -2.23. The topological polar surface area (TPSA) is 66.8 Å². The average molecular weight is 304 g/mol. The molecule has 2 atom stereocenters. The molecule has 0 radical (unpaired) electrons. The highest BCUT2D eigenvalue weighted by molar-refractivity contribution is 8.15. The predicted octanol–water partition coefficient (Wildman–Crippen LogP) is 1.15. The number of hydrogen-bond donors (Lipinski definition) is 0. The number of hydrogen-bond acceptors (Lipinski definition) is 4. The zero-order valence-electron chi connectivity index (χ0n) is 11.7. The molecule has 0 aromatic heterocycles. The maximum Gasteiger partial charge on any atom is 0.253 e. The zero-order chi connectivity index (χ0) is 14.4. The summed E-state index contributed by atoms with van der Waals surface area (Å²) < 4.78 is 23.3. The molecule has 2 heterocycles. The fourth-order valence-corrected chi connectivity index (χ4v) is 6.27. The minimum atomic E-state index is -2.93. The van der Waals surface area contributed by atoms with Gasteiger partial charge in [0.2, 0.25) is 0 Å². The number of carbonyl (C=O) groups excluding carboxylic acids is 1. The first-order valence-corrected chi connectivity index (χ1v) is 9.11. The van der Waals surface area contributed by atoms with Crippen molar-refractivity contribution in [2.75, 3.05) is 18.1 Å². The molecule has 0 aliphatic carbocycles. The Labute approximate surface area is 118 Å². The van der Waals surface area contributed by atoms with Gasteiger partial charge >= 0.3 is 0 Å². The van der Waals surface area contributed by atoms with E-state index in [1.807, 2.05) is 32.6 Å². The SMILES string of the molecule is CCN1C(=NC(=O)C(C)(C)C)SC2CS(=O)(=O)CC21. The van der Waals surface area contributed by atoms with Crippen LogP contribution in [-0.2, 0) is 14.6 Å². The molecule has 2 fully saturated rings. The summed E-state index contributed by atoms with van der Waals surface area (Å²) in [6, 6.07) is -0.0217. The Morgan fingerprint density at radius 2 is 2.05 bits per heavy atom. The van der Waals surface area contributed by atoms with E-state index in [4.69, 9.17) is 0 Å². The second-order valence-corrected chi connectivity index (χ2v) is 9.40. The van der Waals surface area contributed by atoms with Crippen molar-refractivity contribution in [3.8, 4) is 0 Å². The molecule has 1 amide bonds. The standard InChI is InChI=1S/C12H20N2O3S2/c1-5-14-8-6-19(16,17)7-9(8)18-11(14)13-10(15)12(2,3)4/h8-9H,5-7H2,1-4H3. The molecule has 2 aliphatic rings. The van der Waals surface area contributed by atoms with Gasteiger partial charge in [0.15, 0.2) is 15.0 Å². The molecule has 0 aromatic rings. The number of nitrogens with zero attached hydrogens (tertiary/aromatic N) is 2. The Bertz CT molecular complexity index is 520. The van der Waals surface area contributed by atoms with Crippen molar-refractivity contribution < 1.29 is 13.2 Å². The Morgan fingerprint density at radius 1 is 1.42 bits per heavy atom. The molecular weight excluding hydrogens is 284 g/mol. The summed E-state index contributed by atoms with van der Waals surface area (Å²) in [5.74, 6) is 0.222. The van der Waals surface area contributed by atoms with Crippen molar-refractivity contribution in [2.45, 2.75) is 39.0 Å². The van der Waals surface area contributed by atoms with Gasteiger partial charge in [-0.15, -0.1) is 0 Å². The first-order chi connectivity index (χ1) is 8.64. The second kappa shape index (κ2) is 4.77. The molecular formula is C12H20N2O3S2. The molecule has 0 aromatic carbocycles. The number of aliphatic imine (C=N–C) groups is 1. The fourth-order valence-electron chi connectivity index (χ4n) is 2.26. The van der Waals surface area contributed by atoms with Crippen molar-refractivity contribution >= 4 is 32.7 Å². The van der Waals surface area contributed by atoms with Gasteiger partial charge in [-0.2, -0.15) is 4.99 Å². The summed E-state index contributed by atoms with van der Waals surface area (Å²) in [4.78, 5) is 18.1. The average Bonchev–Trinajstić information content (AvgIpc) is 2.67. The number of sulfone groups is 1. The van der Waals surface area contributed by atoms with E-state index in [1.54, 1.807) is 0 Å². The van der Waals surface area contributed by atoms with E-state index in [0.717, 1.165) is 0 Å². The van der Waals surface area contributed by atoms with Gasteiger partial charge in [0, 0.05) is 17.2 Å². The smallest absolute Gasteiger partial charge is 0.253 e. The summed E-state index contributed by atoms with van der Waals surface area (Å²) >= 11 is 1.44. The van der Waals surface area contributed by atoms with E-state index in [1.165, 1.54) is 11.8 Å². The van der Waals surface area contributed by atoms with Gasteiger partial charge in [0.25, 0.3) is 5.91 Å². The lowest BCUT2D eigenvalue weighted by atomic mass is 9.96. The lowest BCUT2D eigenvalue weighted by Crippen LogP contribution is -2.37. The van der Waals surface area contributed by atoms with E-state index in [2.05, 4.69) is 4.99 Å². The van der Waals surface area contributed by atoms with Gasteiger partial charge in [-0.25, -0.2) is 8.42 Å². The van der Waals surface area contributed by atoms with Crippen LogP contribution in [0, 0.1) is 5.41 Å². The van der Waals surface area contributed by atoms with Crippen LogP contribution in [0.25, 0.3) is 0 Å². The van der Waals surface area contributed by atoms with Gasteiger partial charge in [-0.1, -0.05) is 32.5 Å². The van der Waals surface area contributed by atoms with Crippen LogP contribution >= 0.6 is 11.8 Å². The maximum absolute atomic E-state index is 12.0. The zero-order valence-corrected chi connectivity index (χ0v) is 13.3. The molecule has 5 nitrogen and oxygen atoms in total. The van der Waals surface area contributed by atoms with E-state index in [-0.39, 0.29) is 28.7 Å². The van der Waals surface area contributed by atoms with Gasteiger partial charge < -0.3 is 4.90 Å². The van der Waals surface area contributed by atoms with Gasteiger partial charge in [0.05, 0.1) is 17.5 Å². The number of fused-ring (bicyclic) bond motifs is 1. The third-order valence-corrected chi connectivity index (χ3v) is 6.60. The van der Waals surface area contributed by atoms with Crippen molar-refractivity contribution in [1.29, 1.82) is 0 Å². The number of thioether (sulfide) groups is 1. The van der Waals surface area contributed by atoms with Crippen molar-refractivity contribution in [1.82, 2.24) is 4.90 Å². The van der Waals surface area contributed by atoms with Crippen LogP contribution in [-0.4, -0.2) is 53.7 Å². The minimum Gasteiger partial charge on any atom is -0.346 e. The number of amidine groups is 1. The normalized spacial score (nSPS) is 31.8. The van der Waals surface area contributed by atoms with E-state index in [0.29, 0.717) is 11.7 Å². The highest BCUT2D eigenvalue weighted by atomic mass is 32.2. The Hall–Kier alpha value is -0.560. The number of amides is 1. The fraction of sp³-hybridized carbons (Fsp3) is 0.833. The molecule has 0 bridgehead atoms. The first-order valence-electron chi connectivity index (χ1n) is 6.41. The van der Waals surface area contributed by atoms with Crippen LogP contribution in [0.5, 0.6) is 0 Å². The van der Waals surface area contributed by atoms with Gasteiger partial charge in [-0.05, 0) is 6.92 Å². The summed E-state index contributed by atoms with van der Waals surface area (Å²) in [6.07, 6.45) is 0. The molecule has 2 saturated heterocycles. The molecule has 0 N–H and O–H groups in total. The lowest BCUT2D eigenvalue weighted by molar-refractivity contribution is -0.124. The van der Waals surface area contributed by atoms with Crippen molar-refractivity contribution in [3.63, 3.8) is 0 Å². The van der Waals surface area contributed by atoms with Gasteiger partial charge in [0.1, 0.15) is 0 Å². The third-order valence-electron chi connectivity index (χ3n) is 3.35. The quantitative estimate of drug-likeness (QED) is 0.727. The molecule has 2 rings (SSSR count). The van der Waals surface area contributed by atoms with Crippen molar-refractivity contribution in [2.24, 2.45) is 10.4 Å². The van der Waals surface area contributed by atoms with Crippen molar-refractivity contribution in [3.05, 3.63) is 0 Å². The predicted molar refractivity (Wildman–Crippen MR) is 78.1 cm³/mol. The molecule has 0 spiro atoms. The number of carbonyl (C=O) groups is 1. The van der Waals surface area contributed by atoms with Crippen LogP contribution in [0.3, 0.4) is 0 Å². The Morgan fingerprint density at radius 3 is 2.58 bits per heavy atom. The minimum absolute atomic E-state index is 0.0217. The molecule has 0 saturated carbocycles. The first kappa shape index (κ1) is 14.8.